The summed E-state index contributed by atoms with van der Waals surface area (Å²) in [4.78, 5) is 18.3. The zero-order valence-corrected chi connectivity index (χ0v) is 16.7. The highest BCUT2D eigenvalue weighted by Gasteiger charge is 2.26. The molecule has 0 saturated carbocycles. The van der Waals surface area contributed by atoms with Crippen molar-refractivity contribution >= 4 is 40.6 Å². The van der Waals surface area contributed by atoms with Crippen LogP contribution in [-0.4, -0.2) is 49.3 Å². The number of amides is 1. The van der Waals surface area contributed by atoms with Crippen LogP contribution in [0, 0.1) is 0 Å². The van der Waals surface area contributed by atoms with Crippen LogP contribution in [0.3, 0.4) is 0 Å². The Labute approximate surface area is 164 Å². The van der Waals surface area contributed by atoms with Crippen LogP contribution in [0.25, 0.3) is 0 Å². The summed E-state index contributed by atoms with van der Waals surface area (Å²) in [6, 6.07) is 15.7. The number of nitrogens with one attached hydrogen (secondary N) is 1. The summed E-state index contributed by atoms with van der Waals surface area (Å²) in [6.07, 6.45) is 2.02. The monoisotopic (exact) mass is 389 g/mol. The van der Waals surface area contributed by atoms with Crippen molar-refractivity contribution in [2.24, 2.45) is 0 Å². The van der Waals surface area contributed by atoms with E-state index >= 15 is 0 Å². The Morgan fingerprint density at radius 3 is 2.54 bits per heavy atom. The lowest BCUT2D eigenvalue weighted by Crippen LogP contribution is -2.52. The van der Waals surface area contributed by atoms with Gasteiger partial charge in [0.2, 0.25) is 5.91 Å². The predicted octanol–water partition coefficient (Wildman–Crippen LogP) is 4.21. The molecular formula is C20H24ClN3OS. The zero-order valence-electron chi connectivity index (χ0n) is 15.1. The van der Waals surface area contributed by atoms with Crippen molar-refractivity contribution in [3.8, 4) is 0 Å². The number of para-hydroxylation sites is 1. The van der Waals surface area contributed by atoms with E-state index in [9.17, 15) is 4.79 Å². The third-order valence-corrected chi connectivity index (χ3v) is 5.81. The van der Waals surface area contributed by atoms with Gasteiger partial charge in [0, 0.05) is 41.8 Å². The molecule has 1 aliphatic heterocycles. The van der Waals surface area contributed by atoms with E-state index in [1.54, 1.807) is 11.8 Å². The first kappa shape index (κ1) is 19.1. The standard InChI is InChI=1S/C20H24ClN3OS/c1-15(20(25)22-18-8-3-4-9-19(18)26-2)23-10-12-24(13-11-23)17-7-5-6-16(21)14-17/h3-9,14-15H,10-13H2,1-2H3,(H,22,25). The summed E-state index contributed by atoms with van der Waals surface area (Å²) in [5.74, 6) is 0.0442. The Hall–Kier alpha value is -1.69. The molecule has 4 nitrogen and oxygen atoms in total. The molecule has 1 atom stereocenters. The van der Waals surface area contributed by atoms with E-state index in [1.807, 2.05) is 55.6 Å². The van der Waals surface area contributed by atoms with Gasteiger partial charge in [0.1, 0.15) is 0 Å². The zero-order chi connectivity index (χ0) is 18.5. The van der Waals surface area contributed by atoms with Gasteiger partial charge in [0.25, 0.3) is 0 Å². The Morgan fingerprint density at radius 2 is 1.85 bits per heavy atom. The van der Waals surface area contributed by atoms with Gasteiger partial charge in [-0.05, 0) is 43.5 Å². The minimum absolute atomic E-state index is 0.0442. The average molecular weight is 390 g/mol. The van der Waals surface area contributed by atoms with Crippen LogP contribution in [0.1, 0.15) is 6.92 Å². The van der Waals surface area contributed by atoms with E-state index in [-0.39, 0.29) is 11.9 Å². The minimum Gasteiger partial charge on any atom is -0.369 e. The Bertz CT molecular complexity index is 762. The van der Waals surface area contributed by atoms with E-state index in [0.717, 1.165) is 47.5 Å². The Morgan fingerprint density at radius 1 is 1.12 bits per heavy atom. The molecule has 0 aromatic heterocycles. The quantitative estimate of drug-likeness (QED) is 0.777. The first-order valence-corrected chi connectivity index (χ1v) is 10.4. The smallest absolute Gasteiger partial charge is 0.241 e. The number of thioether (sulfide) groups is 1. The number of anilines is 2. The molecule has 1 aliphatic rings. The molecule has 1 fully saturated rings. The molecule has 2 aromatic carbocycles. The molecule has 6 heteroatoms. The molecule has 1 N–H and O–H groups in total. The lowest BCUT2D eigenvalue weighted by molar-refractivity contribution is -0.120. The lowest BCUT2D eigenvalue weighted by Gasteiger charge is -2.38. The van der Waals surface area contributed by atoms with Crippen molar-refractivity contribution < 1.29 is 4.79 Å². The fourth-order valence-corrected chi connectivity index (χ4v) is 3.93. The molecule has 0 aliphatic carbocycles. The number of rotatable bonds is 5. The topological polar surface area (TPSA) is 35.6 Å². The van der Waals surface area contributed by atoms with E-state index < -0.39 is 0 Å². The van der Waals surface area contributed by atoms with E-state index in [4.69, 9.17) is 11.6 Å². The SMILES string of the molecule is CSc1ccccc1NC(=O)C(C)N1CCN(c2cccc(Cl)c2)CC1. The molecule has 1 unspecified atom stereocenters. The maximum absolute atomic E-state index is 12.7. The molecule has 0 spiro atoms. The van der Waals surface area contributed by atoms with Gasteiger partial charge in [-0.1, -0.05) is 29.8 Å². The summed E-state index contributed by atoms with van der Waals surface area (Å²) >= 11 is 7.73. The molecule has 1 heterocycles. The van der Waals surface area contributed by atoms with E-state index in [1.165, 1.54) is 0 Å². The van der Waals surface area contributed by atoms with Crippen molar-refractivity contribution in [2.45, 2.75) is 17.9 Å². The van der Waals surface area contributed by atoms with Crippen molar-refractivity contribution in [2.75, 3.05) is 42.7 Å². The van der Waals surface area contributed by atoms with Crippen LogP contribution < -0.4 is 10.2 Å². The first-order chi connectivity index (χ1) is 12.6. The number of nitrogens with zero attached hydrogens (tertiary/aromatic N) is 2. The lowest BCUT2D eigenvalue weighted by atomic mass is 10.2. The van der Waals surface area contributed by atoms with Crippen LogP contribution in [-0.2, 0) is 4.79 Å². The molecule has 138 valence electrons. The van der Waals surface area contributed by atoms with E-state index in [2.05, 4.69) is 21.2 Å². The number of benzene rings is 2. The van der Waals surface area contributed by atoms with E-state index in [0.29, 0.717) is 0 Å². The second-order valence-electron chi connectivity index (χ2n) is 6.37. The number of carbonyl (C=O) groups excluding carboxylic acids is 1. The first-order valence-electron chi connectivity index (χ1n) is 8.77. The Balaban J connectivity index is 1.57. The number of hydrogen-bond donors (Lipinski definition) is 1. The molecule has 2 aromatic rings. The maximum Gasteiger partial charge on any atom is 0.241 e. The number of halogens is 1. The van der Waals surface area contributed by atoms with Crippen molar-refractivity contribution in [1.82, 2.24) is 4.90 Å². The highest BCUT2D eigenvalue weighted by atomic mass is 35.5. The van der Waals surface area contributed by atoms with Gasteiger partial charge >= 0.3 is 0 Å². The van der Waals surface area contributed by atoms with Crippen molar-refractivity contribution in [3.05, 3.63) is 53.6 Å². The summed E-state index contributed by atoms with van der Waals surface area (Å²) in [7, 11) is 0. The van der Waals surface area contributed by atoms with Crippen LogP contribution in [0.5, 0.6) is 0 Å². The van der Waals surface area contributed by atoms with Crippen LogP contribution >= 0.6 is 23.4 Å². The molecule has 26 heavy (non-hydrogen) atoms. The van der Waals surface area contributed by atoms with Gasteiger partial charge in [0.15, 0.2) is 0 Å². The average Bonchev–Trinajstić information content (AvgIpc) is 2.68. The highest BCUT2D eigenvalue weighted by molar-refractivity contribution is 7.98. The van der Waals surface area contributed by atoms with Gasteiger partial charge in [-0.3, -0.25) is 9.69 Å². The molecule has 1 amide bonds. The summed E-state index contributed by atoms with van der Waals surface area (Å²) in [5, 5.41) is 3.83. The fourth-order valence-electron chi connectivity index (χ4n) is 3.19. The fraction of sp³-hybridized carbons (Fsp3) is 0.350. The summed E-state index contributed by atoms with van der Waals surface area (Å²) in [5.41, 5.74) is 2.03. The predicted molar refractivity (Wildman–Crippen MR) is 112 cm³/mol. The second kappa shape index (κ2) is 8.80. The normalized spacial score (nSPS) is 16.3. The third kappa shape index (κ3) is 4.53. The molecule has 3 rings (SSSR count). The maximum atomic E-state index is 12.7. The summed E-state index contributed by atoms with van der Waals surface area (Å²) < 4.78 is 0. The molecule has 1 saturated heterocycles. The number of hydrogen-bond acceptors (Lipinski definition) is 4. The van der Waals surface area contributed by atoms with Crippen molar-refractivity contribution in [1.29, 1.82) is 0 Å². The second-order valence-corrected chi connectivity index (χ2v) is 7.65. The van der Waals surface area contributed by atoms with Crippen LogP contribution in [0.2, 0.25) is 5.02 Å². The van der Waals surface area contributed by atoms with Gasteiger partial charge in [-0.2, -0.15) is 0 Å². The Kier molecular flexibility index (Phi) is 6.46. The molecule has 0 bridgehead atoms. The van der Waals surface area contributed by atoms with Gasteiger partial charge in [0.05, 0.1) is 11.7 Å². The van der Waals surface area contributed by atoms with Crippen LogP contribution in [0.15, 0.2) is 53.4 Å². The largest absolute Gasteiger partial charge is 0.369 e. The van der Waals surface area contributed by atoms with Crippen LogP contribution in [0.4, 0.5) is 11.4 Å². The van der Waals surface area contributed by atoms with Crippen molar-refractivity contribution in [3.63, 3.8) is 0 Å². The third-order valence-electron chi connectivity index (χ3n) is 4.78. The van der Waals surface area contributed by atoms with Gasteiger partial charge in [-0.15, -0.1) is 11.8 Å². The molecule has 0 radical (unpaired) electrons. The minimum atomic E-state index is -0.161. The highest BCUT2D eigenvalue weighted by Crippen LogP contribution is 2.25. The number of carbonyl (C=O) groups is 1. The summed E-state index contributed by atoms with van der Waals surface area (Å²) in [6.45, 7) is 5.46. The molecular weight excluding hydrogens is 366 g/mol. The number of piperazine rings is 1. The van der Waals surface area contributed by atoms with Gasteiger partial charge < -0.3 is 10.2 Å². The van der Waals surface area contributed by atoms with Gasteiger partial charge in [-0.25, -0.2) is 0 Å².